The van der Waals surface area contributed by atoms with Gasteiger partial charge in [0, 0.05) is 13.5 Å². The number of anilines is 1. The Hall–Kier alpha value is -2.04. The first-order chi connectivity index (χ1) is 11.4. The minimum atomic E-state index is -0.287. The van der Waals surface area contributed by atoms with Crippen LogP contribution in [0.1, 0.15) is 18.1 Å². The van der Waals surface area contributed by atoms with Gasteiger partial charge in [0.15, 0.2) is 0 Å². The standard InChI is InChI=1S/C18H18Cl2N2O2/c1-12-6-8-14(9-7-12)10-21-17(24)11-22(13(2)23)16-5-3-4-15(19)18(16)20/h3-9H,10-11H2,1-2H3,(H,21,24). The number of amides is 2. The summed E-state index contributed by atoms with van der Waals surface area (Å²) in [4.78, 5) is 25.4. The van der Waals surface area contributed by atoms with Crippen LogP contribution in [-0.2, 0) is 16.1 Å². The fourth-order valence-electron chi connectivity index (χ4n) is 2.17. The maximum absolute atomic E-state index is 12.2. The minimum absolute atomic E-state index is 0.124. The summed E-state index contributed by atoms with van der Waals surface area (Å²) in [5.41, 5.74) is 2.56. The lowest BCUT2D eigenvalue weighted by atomic mass is 10.1. The third-order valence-electron chi connectivity index (χ3n) is 3.51. The largest absolute Gasteiger partial charge is 0.350 e. The van der Waals surface area contributed by atoms with E-state index in [4.69, 9.17) is 23.2 Å². The molecular weight excluding hydrogens is 347 g/mol. The van der Waals surface area contributed by atoms with E-state index in [-0.39, 0.29) is 23.4 Å². The Kier molecular flexibility index (Phi) is 6.23. The number of nitrogens with zero attached hydrogens (tertiary/aromatic N) is 1. The maximum Gasteiger partial charge on any atom is 0.240 e. The lowest BCUT2D eigenvalue weighted by Gasteiger charge is -2.22. The van der Waals surface area contributed by atoms with Crippen molar-refractivity contribution in [3.63, 3.8) is 0 Å². The van der Waals surface area contributed by atoms with Crippen LogP contribution in [0.4, 0.5) is 5.69 Å². The molecule has 24 heavy (non-hydrogen) atoms. The van der Waals surface area contributed by atoms with Crippen LogP contribution in [0, 0.1) is 6.92 Å². The molecule has 2 rings (SSSR count). The number of halogens is 2. The normalized spacial score (nSPS) is 10.3. The van der Waals surface area contributed by atoms with Crippen LogP contribution < -0.4 is 10.2 Å². The molecule has 1 N–H and O–H groups in total. The van der Waals surface area contributed by atoms with Gasteiger partial charge < -0.3 is 10.2 Å². The van der Waals surface area contributed by atoms with Crippen molar-refractivity contribution in [1.29, 1.82) is 0 Å². The van der Waals surface area contributed by atoms with Crippen molar-refractivity contribution in [1.82, 2.24) is 5.32 Å². The average Bonchev–Trinajstić information content (AvgIpc) is 2.55. The molecule has 0 unspecified atom stereocenters. The molecule has 2 aromatic rings. The highest BCUT2D eigenvalue weighted by molar-refractivity contribution is 6.44. The maximum atomic E-state index is 12.2. The Balaban J connectivity index is 2.05. The van der Waals surface area contributed by atoms with Crippen molar-refractivity contribution < 1.29 is 9.59 Å². The van der Waals surface area contributed by atoms with E-state index in [2.05, 4.69) is 5.32 Å². The summed E-state index contributed by atoms with van der Waals surface area (Å²) in [7, 11) is 0. The number of rotatable bonds is 5. The summed E-state index contributed by atoms with van der Waals surface area (Å²) < 4.78 is 0. The summed E-state index contributed by atoms with van der Waals surface area (Å²) in [6.07, 6.45) is 0. The zero-order valence-electron chi connectivity index (χ0n) is 13.5. The molecule has 0 atom stereocenters. The molecule has 2 aromatic carbocycles. The molecule has 0 fully saturated rings. The van der Waals surface area contributed by atoms with Gasteiger partial charge in [-0.3, -0.25) is 9.59 Å². The second-order valence-corrected chi connectivity index (χ2v) is 6.23. The highest BCUT2D eigenvalue weighted by Gasteiger charge is 2.19. The zero-order valence-corrected chi connectivity index (χ0v) is 15.0. The van der Waals surface area contributed by atoms with Crippen LogP contribution in [0.15, 0.2) is 42.5 Å². The van der Waals surface area contributed by atoms with Crippen LogP contribution >= 0.6 is 23.2 Å². The van der Waals surface area contributed by atoms with Gasteiger partial charge in [-0.2, -0.15) is 0 Å². The molecule has 6 heteroatoms. The molecule has 0 spiro atoms. The summed E-state index contributed by atoms with van der Waals surface area (Å²) in [6.45, 7) is 3.65. The SMILES string of the molecule is CC(=O)N(CC(=O)NCc1ccc(C)cc1)c1cccc(Cl)c1Cl. The molecule has 0 bridgehead atoms. The number of hydrogen-bond donors (Lipinski definition) is 1. The van der Waals surface area contributed by atoms with Gasteiger partial charge in [-0.05, 0) is 24.6 Å². The highest BCUT2D eigenvalue weighted by atomic mass is 35.5. The van der Waals surface area contributed by atoms with Crippen molar-refractivity contribution in [3.05, 3.63) is 63.6 Å². The quantitative estimate of drug-likeness (QED) is 0.872. The topological polar surface area (TPSA) is 49.4 Å². The van der Waals surface area contributed by atoms with Gasteiger partial charge in [0.2, 0.25) is 11.8 Å². The lowest BCUT2D eigenvalue weighted by molar-refractivity contribution is -0.123. The molecule has 0 saturated heterocycles. The van der Waals surface area contributed by atoms with E-state index in [0.29, 0.717) is 17.3 Å². The van der Waals surface area contributed by atoms with Gasteiger partial charge in [0.25, 0.3) is 0 Å². The van der Waals surface area contributed by atoms with E-state index in [1.165, 1.54) is 11.8 Å². The van der Waals surface area contributed by atoms with Crippen LogP contribution in [0.5, 0.6) is 0 Å². The van der Waals surface area contributed by atoms with Crippen molar-refractivity contribution in [2.75, 3.05) is 11.4 Å². The molecule has 0 radical (unpaired) electrons. The van der Waals surface area contributed by atoms with Gasteiger partial charge in [-0.25, -0.2) is 0 Å². The average molecular weight is 365 g/mol. The number of aryl methyl sites for hydroxylation is 1. The van der Waals surface area contributed by atoms with Crippen molar-refractivity contribution in [2.45, 2.75) is 20.4 Å². The molecule has 0 aliphatic heterocycles. The Morgan fingerprint density at radius 2 is 1.75 bits per heavy atom. The monoisotopic (exact) mass is 364 g/mol. The molecule has 0 aromatic heterocycles. The Bertz CT molecular complexity index is 745. The van der Waals surface area contributed by atoms with Gasteiger partial charge in [0.1, 0.15) is 6.54 Å². The predicted octanol–water partition coefficient (Wildman–Crippen LogP) is 3.97. The van der Waals surface area contributed by atoms with Gasteiger partial charge in [-0.15, -0.1) is 0 Å². The number of carbonyl (C=O) groups excluding carboxylic acids is 2. The van der Waals surface area contributed by atoms with Gasteiger partial charge >= 0.3 is 0 Å². The van der Waals surface area contributed by atoms with E-state index in [1.807, 2.05) is 31.2 Å². The molecule has 126 valence electrons. The molecule has 4 nitrogen and oxygen atoms in total. The van der Waals surface area contributed by atoms with Crippen LogP contribution in [0.3, 0.4) is 0 Å². The molecule has 0 aliphatic rings. The van der Waals surface area contributed by atoms with Gasteiger partial charge in [-0.1, -0.05) is 59.1 Å². The second kappa shape index (κ2) is 8.18. The minimum Gasteiger partial charge on any atom is -0.350 e. The summed E-state index contributed by atoms with van der Waals surface area (Å²) in [5.74, 6) is -0.563. The zero-order chi connectivity index (χ0) is 17.7. The first-order valence-corrected chi connectivity index (χ1v) is 8.18. The van der Waals surface area contributed by atoms with E-state index >= 15 is 0 Å². The van der Waals surface area contributed by atoms with Crippen LogP contribution in [0.2, 0.25) is 10.0 Å². The number of carbonyl (C=O) groups is 2. The lowest BCUT2D eigenvalue weighted by Crippen LogP contribution is -2.39. The van der Waals surface area contributed by atoms with E-state index in [9.17, 15) is 9.59 Å². The predicted molar refractivity (Wildman–Crippen MR) is 97.5 cm³/mol. The van der Waals surface area contributed by atoms with Crippen LogP contribution in [-0.4, -0.2) is 18.4 Å². The first kappa shape index (κ1) is 18.3. The van der Waals surface area contributed by atoms with E-state index in [0.717, 1.165) is 11.1 Å². The molecular formula is C18H18Cl2N2O2. The molecule has 0 heterocycles. The van der Waals surface area contributed by atoms with Gasteiger partial charge in [0.05, 0.1) is 15.7 Å². The second-order valence-electron chi connectivity index (χ2n) is 5.44. The Labute approximate surface area is 151 Å². The fourth-order valence-corrected chi connectivity index (χ4v) is 2.57. The third kappa shape index (κ3) is 4.73. The van der Waals surface area contributed by atoms with E-state index < -0.39 is 0 Å². The Morgan fingerprint density at radius 1 is 1.08 bits per heavy atom. The third-order valence-corrected chi connectivity index (χ3v) is 4.32. The molecule has 0 aliphatic carbocycles. The summed E-state index contributed by atoms with van der Waals surface area (Å²) in [5, 5.41) is 3.38. The van der Waals surface area contributed by atoms with Crippen LogP contribution in [0.25, 0.3) is 0 Å². The Morgan fingerprint density at radius 3 is 2.38 bits per heavy atom. The molecule has 0 saturated carbocycles. The number of benzene rings is 2. The fraction of sp³-hybridized carbons (Fsp3) is 0.222. The smallest absolute Gasteiger partial charge is 0.240 e. The van der Waals surface area contributed by atoms with E-state index in [1.54, 1.807) is 18.2 Å². The van der Waals surface area contributed by atoms with Crippen molar-refractivity contribution >= 4 is 40.7 Å². The highest BCUT2D eigenvalue weighted by Crippen LogP contribution is 2.32. The van der Waals surface area contributed by atoms with Crippen molar-refractivity contribution in [3.8, 4) is 0 Å². The number of hydrogen-bond acceptors (Lipinski definition) is 2. The summed E-state index contributed by atoms with van der Waals surface area (Å²) >= 11 is 12.1. The van der Waals surface area contributed by atoms with Crippen molar-refractivity contribution in [2.24, 2.45) is 0 Å². The first-order valence-electron chi connectivity index (χ1n) is 7.43. The number of nitrogens with one attached hydrogen (secondary N) is 1. The molecule has 2 amide bonds. The summed E-state index contributed by atoms with van der Waals surface area (Å²) in [6, 6.07) is 12.8.